The molecule has 7 nitrogen and oxygen atoms in total. The SMILES string of the molecule is CC(=O)N1CCN(C(=O)CNC(C(=O)O)C(C)C)CC1. The normalized spacial score (nSPS) is 17.2. The number of aliphatic carboxylic acids is 1. The van der Waals surface area contributed by atoms with Crippen molar-refractivity contribution in [2.24, 2.45) is 5.92 Å². The van der Waals surface area contributed by atoms with Crippen LogP contribution in [0.2, 0.25) is 0 Å². The van der Waals surface area contributed by atoms with Gasteiger partial charge in [0.1, 0.15) is 6.04 Å². The summed E-state index contributed by atoms with van der Waals surface area (Å²) in [7, 11) is 0. The van der Waals surface area contributed by atoms with E-state index in [9.17, 15) is 14.4 Å². The van der Waals surface area contributed by atoms with Crippen molar-refractivity contribution in [3.8, 4) is 0 Å². The first-order chi connectivity index (χ1) is 9.32. The number of amides is 2. The van der Waals surface area contributed by atoms with E-state index < -0.39 is 12.0 Å². The molecule has 0 aromatic carbocycles. The van der Waals surface area contributed by atoms with Crippen LogP contribution in [-0.4, -0.2) is 71.5 Å². The third kappa shape index (κ3) is 4.48. The quantitative estimate of drug-likeness (QED) is 0.702. The number of carboxylic acids is 1. The number of rotatable bonds is 5. The summed E-state index contributed by atoms with van der Waals surface area (Å²) in [6, 6.07) is -0.725. The molecule has 0 bridgehead atoms. The van der Waals surface area contributed by atoms with Crippen LogP contribution in [0.5, 0.6) is 0 Å². The Morgan fingerprint density at radius 2 is 1.60 bits per heavy atom. The fourth-order valence-electron chi connectivity index (χ4n) is 2.19. The monoisotopic (exact) mass is 285 g/mol. The van der Waals surface area contributed by atoms with Crippen LogP contribution in [0.1, 0.15) is 20.8 Å². The summed E-state index contributed by atoms with van der Waals surface area (Å²) in [4.78, 5) is 37.6. The molecule has 2 N–H and O–H groups in total. The number of carbonyl (C=O) groups excluding carboxylic acids is 2. The maximum Gasteiger partial charge on any atom is 0.320 e. The minimum Gasteiger partial charge on any atom is -0.480 e. The summed E-state index contributed by atoms with van der Waals surface area (Å²) < 4.78 is 0. The topological polar surface area (TPSA) is 90.0 Å². The maximum absolute atomic E-state index is 12.0. The molecule has 1 aliphatic rings. The van der Waals surface area contributed by atoms with Crippen molar-refractivity contribution in [3.63, 3.8) is 0 Å². The third-order valence-corrected chi connectivity index (χ3v) is 3.48. The molecule has 114 valence electrons. The predicted molar refractivity (Wildman–Crippen MR) is 73.1 cm³/mol. The van der Waals surface area contributed by atoms with Gasteiger partial charge in [-0.15, -0.1) is 0 Å². The van der Waals surface area contributed by atoms with Crippen LogP contribution in [0.3, 0.4) is 0 Å². The van der Waals surface area contributed by atoms with Crippen molar-refractivity contribution in [3.05, 3.63) is 0 Å². The summed E-state index contributed by atoms with van der Waals surface area (Å²) in [5.41, 5.74) is 0. The van der Waals surface area contributed by atoms with Crippen molar-refractivity contribution in [2.45, 2.75) is 26.8 Å². The molecule has 0 aliphatic carbocycles. The van der Waals surface area contributed by atoms with E-state index in [4.69, 9.17) is 5.11 Å². The van der Waals surface area contributed by atoms with E-state index in [1.54, 1.807) is 23.6 Å². The number of hydrogen-bond acceptors (Lipinski definition) is 4. The first kappa shape index (κ1) is 16.4. The van der Waals surface area contributed by atoms with Gasteiger partial charge < -0.3 is 14.9 Å². The van der Waals surface area contributed by atoms with Crippen molar-refractivity contribution in [1.29, 1.82) is 0 Å². The molecule has 0 aromatic heterocycles. The number of nitrogens with zero attached hydrogens (tertiary/aromatic N) is 2. The highest BCUT2D eigenvalue weighted by Crippen LogP contribution is 2.04. The molecule has 1 fully saturated rings. The van der Waals surface area contributed by atoms with E-state index in [1.165, 1.54) is 6.92 Å². The molecule has 1 aliphatic heterocycles. The van der Waals surface area contributed by atoms with E-state index in [0.29, 0.717) is 26.2 Å². The summed E-state index contributed by atoms with van der Waals surface area (Å²) in [5, 5.41) is 11.8. The van der Waals surface area contributed by atoms with Gasteiger partial charge in [0.15, 0.2) is 0 Å². The molecule has 7 heteroatoms. The van der Waals surface area contributed by atoms with Gasteiger partial charge in [0.2, 0.25) is 11.8 Å². The molecule has 1 atom stereocenters. The predicted octanol–water partition coefficient (Wildman–Crippen LogP) is -0.624. The largest absolute Gasteiger partial charge is 0.480 e. The molecule has 20 heavy (non-hydrogen) atoms. The Balaban J connectivity index is 2.40. The summed E-state index contributed by atoms with van der Waals surface area (Å²) in [5.74, 6) is -1.15. The molecule has 1 unspecified atom stereocenters. The highest BCUT2D eigenvalue weighted by Gasteiger charge is 2.25. The van der Waals surface area contributed by atoms with Gasteiger partial charge >= 0.3 is 5.97 Å². The number of piperazine rings is 1. The zero-order valence-corrected chi connectivity index (χ0v) is 12.3. The van der Waals surface area contributed by atoms with E-state index in [0.717, 1.165) is 0 Å². The van der Waals surface area contributed by atoms with Crippen molar-refractivity contribution in [1.82, 2.24) is 15.1 Å². The Labute approximate surface area is 118 Å². The maximum atomic E-state index is 12.0. The van der Waals surface area contributed by atoms with E-state index in [1.807, 2.05) is 0 Å². The second kappa shape index (κ2) is 7.23. The molecule has 1 saturated heterocycles. The first-order valence-corrected chi connectivity index (χ1v) is 6.82. The number of hydrogen-bond donors (Lipinski definition) is 2. The van der Waals surface area contributed by atoms with Gasteiger partial charge in [0.25, 0.3) is 0 Å². The number of carbonyl (C=O) groups is 3. The van der Waals surface area contributed by atoms with Gasteiger partial charge in [0, 0.05) is 33.1 Å². The average Bonchev–Trinajstić information content (AvgIpc) is 2.38. The molecule has 0 radical (unpaired) electrons. The second-order valence-electron chi connectivity index (χ2n) is 5.33. The molecule has 0 saturated carbocycles. The van der Waals surface area contributed by atoms with Gasteiger partial charge in [-0.2, -0.15) is 0 Å². The van der Waals surface area contributed by atoms with Crippen LogP contribution in [0.15, 0.2) is 0 Å². The zero-order valence-electron chi connectivity index (χ0n) is 12.3. The average molecular weight is 285 g/mol. The molecular formula is C13H23N3O4. The van der Waals surface area contributed by atoms with Crippen LogP contribution in [0.25, 0.3) is 0 Å². The lowest BCUT2D eigenvalue weighted by atomic mass is 10.1. The van der Waals surface area contributed by atoms with Gasteiger partial charge in [-0.3, -0.25) is 19.7 Å². The van der Waals surface area contributed by atoms with E-state index in [2.05, 4.69) is 5.32 Å². The van der Waals surface area contributed by atoms with E-state index in [-0.39, 0.29) is 24.3 Å². The van der Waals surface area contributed by atoms with Crippen molar-refractivity contribution in [2.75, 3.05) is 32.7 Å². The van der Waals surface area contributed by atoms with Gasteiger partial charge in [-0.05, 0) is 5.92 Å². The minimum absolute atomic E-state index is 0.00914. The van der Waals surface area contributed by atoms with E-state index >= 15 is 0 Å². The van der Waals surface area contributed by atoms with Crippen molar-refractivity contribution < 1.29 is 19.5 Å². The molecule has 1 heterocycles. The summed E-state index contributed by atoms with van der Waals surface area (Å²) in [6.07, 6.45) is 0. The molecule has 2 amide bonds. The Kier molecular flexibility index (Phi) is 5.94. The van der Waals surface area contributed by atoms with Crippen LogP contribution < -0.4 is 5.32 Å². The lowest BCUT2D eigenvalue weighted by molar-refractivity contribution is -0.142. The Hall–Kier alpha value is -1.63. The highest BCUT2D eigenvalue weighted by molar-refractivity contribution is 5.80. The number of carboxylic acid groups (broad SMARTS) is 1. The Bertz CT molecular complexity index is 376. The fraction of sp³-hybridized carbons (Fsp3) is 0.769. The standard InChI is InChI=1S/C13H23N3O4/c1-9(2)12(13(19)20)14-8-11(18)16-6-4-15(5-7-16)10(3)17/h9,12,14H,4-8H2,1-3H3,(H,19,20). The smallest absolute Gasteiger partial charge is 0.320 e. The van der Waals surface area contributed by atoms with Crippen LogP contribution in [0, 0.1) is 5.92 Å². The third-order valence-electron chi connectivity index (χ3n) is 3.48. The Morgan fingerprint density at radius 3 is 2.00 bits per heavy atom. The molecular weight excluding hydrogens is 262 g/mol. The van der Waals surface area contributed by atoms with Gasteiger partial charge in [0.05, 0.1) is 6.54 Å². The minimum atomic E-state index is -0.950. The first-order valence-electron chi connectivity index (χ1n) is 6.82. The highest BCUT2D eigenvalue weighted by atomic mass is 16.4. The summed E-state index contributed by atoms with van der Waals surface area (Å²) >= 11 is 0. The summed E-state index contributed by atoms with van der Waals surface area (Å²) in [6.45, 7) is 7.18. The van der Waals surface area contributed by atoms with Crippen LogP contribution in [-0.2, 0) is 14.4 Å². The van der Waals surface area contributed by atoms with Crippen LogP contribution in [0.4, 0.5) is 0 Å². The van der Waals surface area contributed by atoms with Gasteiger partial charge in [-0.25, -0.2) is 0 Å². The Morgan fingerprint density at radius 1 is 1.10 bits per heavy atom. The van der Waals surface area contributed by atoms with Crippen LogP contribution >= 0.6 is 0 Å². The lowest BCUT2D eigenvalue weighted by Crippen LogP contribution is -2.53. The van der Waals surface area contributed by atoms with Gasteiger partial charge in [-0.1, -0.05) is 13.8 Å². The second-order valence-corrected chi connectivity index (χ2v) is 5.33. The molecule has 1 rings (SSSR count). The fourth-order valence-corrected chi connectivity index (χ4v) is 2.19. The molecule has 0 spiro atoms. The zero-order chi connectivity index (χ0) is 15.3. The molecule has 0 aromatic rings. The number of nitrogens with one attached hydrogen (secondary N) is 1. The lowest BCUT2D eigenvalue weighted by Gasteiger charge is -2.34. The van der Waals surface area contributed by atoms with Crippen molar-refractivity contribution >= 4 is 17.8 Å².